The summed E-state index contributed by atoms with van der Waals surface area (Å²) in [4.78, 5) is 12.8. The molecule has 0 aliphatic rings. The van der Waals surface area contributed by atoms with E-state index in [1.54, 1.807) is 30.7 Å². The summed E-state index contributed by atoms with van der Waals surface area (Å²) in [5, 5.41) is 6.21. The lowest BCUT2D eigenvalue weighted by molar-refractivity contribution is 0.614. The molecule has 152 valence electrons. The third-order valence-electron chi connectivity index (χ3n) is 4.46. The topological polar surface area (TPSA) is 62.7 Å². The van der Waals surface area contributed by atoms with Gasteiger partial charge in [0.15, 0.2) is 0 Å². The van der Waals surface area contributed by atoms with Gasteiger partial charge in [-0.25, -0.2) is 14.4 Å². The summed E-state index contributed by atoms with van der Waals surface area (Å²) in [5.74, 6) is 0.152. The van der Waals surface area contributed by atoms with E-state index in [1.165, 1.54) is 6.07 Å². The van der Waals surface area contributed by atoms with Crippen molar-refractivity contribution in [2.75, 3.05) is 10.6 Å². The van der Waals surface area contributed by atoms with Crippen molar-refractivity contribution in [3.8, 4) is 11.1 Å². The second-order valence-electron chi connectivity index (χ2n) is 6.77. The van der Waals surface area contributed by atoms with E-state index in [-0.39, 0.29) is 5.82 Å². The number of anilines is 2. The van der Waals surface area contributed by atoms with E-state index < -0.39 is 0 Å². The third kappa shape index (κ3) is 5.38. The number of allylic oxidation sites excluding steroid dienone is 3. The van der Waals surface area contributed by atoms with Crippen LogP contribution in [0.25, 0.3) is 11.1 Å². The molecule has 5 nitrogen and oxygen atoms in total. The van der Waals surface area contributed by atoms with Crippen LogP contribution in [0, 0.1) is 12.7 Å². The molecule has 0 saturated carbocycles. The molecule has 0 saturated heterocycles. The summed E-state index contributed by atoms with van der Waals surface area (Å²) in [6.45, 7) is 11.5. The van der Waals surface area contributed by atoms with Gasteiger partial charge in [0.05, 0.1) is 11.9 Å². The fourth-order valence-corrected chi connectivity index (χ4v) is 2.80. The van der Waals surface area contributed by atoms with Crippen molar-refractivity contribution in [3.63, 3.8) is 0 Å². The normalized spacial score (nSPS) is 11.1. The lowest BCUT2D eigenvalue weighted by Gasteiger charge is -2.11. The Morgan fingerprint density at radius 3 is 2.40 bits per heavy atom. The first-order valence-corrected chi connectivity index (χ1v) is 9.52. The van der Waals surface area contributed by atoms with Crippen molar-refractivity contribution in [2.24, 2.45) is 0 Å². The molecule has 0 atom stereocenters. The van der Waals surface area contributed by atoms with Crippen molar-refractivity contribution in [1.29, 1.82) is 0 Å². The van der Waals surface area contributed by atoms with Crippen molar-refractivity contribution >= 4 is 11.6 Å². The van der Waals surface area contributed by atoms with Crippen LogP contribution in [0.15, 0.2) is 85.6 Å². The molecule has 6 heteroatoms. The van der Waals surface area contributed by atoms with Gasteiger partial charge >= 0.3 is 0 Å². The second kappa shape index (κ2) is 9.60. The molecule has 2 heterocycles. The Morgan fingerprint density at radius 1 is 1.03 bits per heavy atom. The zero-order valence-corrected chi connectivity index (χ0v) is 17.1. The number of nitrogens with one attached hydrogen (secondary N) is 2. The van der Waals surface area contributed by atoms with E-state index >= 15 is 0 Å². The molecule has 0 bridgehead atoms. The number of rotatable bonds is 8. The van der Waals surface area contributed by atoms with Crippen LogP contribution in [0.1, 0.15) is 18.2 Å². The minimum atomic E-state index is -0.303. The second-order valence-corrected chi connectivity index (χ2v) is 6.77. The van der Waals surface area contributed by atoms with Crippen molar-refractivity contribution in [3.05, 3.63) is 103 Å². The van der Waals surface area contributed by atoms with Crippen LogP contribution in [0.4, 0.5) is 16.0 Å². The SMILES string of the molecule is C=C/C(=C\C)Nc1ncc(-c2ccc(CC(=C)Nc3ccc(C)nc3)c(F)c2)cn1. The Bertz CT molecular complexity index is 1070. The molecule has 0 unspecified atom stereocenters. The van der Waals surface area contributed by atoms with E-state index in [0.29, 0.717) is 29.2 Å². The van der Waals surface area contributed by atoms with Crippen LogP contribution in [-0.2, 0) is 6.42 Å². The highest BCUT2D eigenvalue weighted by molar-refractivity contribution is 5.63. The smallest absolute Gasteiger partial charge is 0.227 e. The van der Waals surface area contributed by atoms with Gasteiger partial charge in [0.25, 0.3) is 0 Å². The molecule has 1 aromatic carbocycles. The molecular weight excluding hydrogens is 377 g/mol. The van der Waals surface area contributed by atoms with E-state index in [0.717, 1.165) is 22.6 Å². The fraction of sp³-hybridized carbons (Fsp3) is 0.125. The van der Waals surface area contributed by atoms with Gasteiger partial charge in [-0.3, -0.25) is 4.98 Å². The largest absolute Gasteiger partial charge is 0.358 e. The van der Waals surface area contributed by atoms with E-state index in [2.05, 4.69) is 38.7 Å². The number of aryl methyl sites for hydroxylation is 1. The van der Waals surface area contributed by atoms with E-state index in [9.17, 15) is 4.39 Å². The number of nitrogens with zero attached hydrogens (tertiary/aromatic N) is 3. The molecule has 3 aromatic rings. The van der Waals surface area contributed by atoms with Gasteiger partial charge in [0, 0.05) is 41.5 Å². The monoisotopic (exact) mass is 401 g/mol. The Labute approximate surface area is 176 Å². The Hall–Kier alpha value is -3.80. The zero-order chi connectivity index (χ0) is 21.5. The standard InChI is InChI=1S/C24H24FN5/c1-5-21(6-2)30-24-27-13-20(14-28-24)18-8-9-19(23(25)12-18)11-17(4)29-22-10-7-16(3)26-15-22/h5-10,12-15,29H,1,4,11H2,2-3H3,(H,27,28,30)/b21-6+. The summed E-state index contributed by atoms with van der Waals surface area (Å²) < 4.78 is 14.7. The molecule has 30 heavy (non-hydrogen) atoms. The van der Waals surface area contributed by atoms with Gasteiger partial charge in [-0.05, 0) is 49.2 Å². The quantitative estimate of drug-likeness (QED) is 0.477. The van der Waals surface area contributed by atoms with E-state index in [4.69, 9.17) is 0 Å². The van der Waals surface area contributed by atoms with Crippen LogP contribution in [0.5, 0.6) is 0 Å². The maximum atomic E-state index is 14.7. The van der Waals surface area contributed by atoms with Crippen LogP contribution in [-0.4, -0.2) is 15.0 Å². The molecule has 0 spiro atoms. The Balaban J connectivity index is 1.68. The molecule has 0 aliphatic heterocycles. The molecule has 0 aliphatic carbocycles. The average Bonchev–Trinajstić information content (AvgIpc) is 2.75. The zero-order valence-electron chi connectivity index (χ0n) is 17.1. The highest BCUT2D eigenvalue weighted by Gasteiger charge is 2.08. The summed E-state index contributed by atoms with van der Waals surface area (Å²) in [6.07, 6.45) is 8.97. The van der Waals surface area contributed by atoms with Crippen molar-refractivity contribution < 1.29 is 4.39 Å². The van der Waals surface area contributed by atoms with Gasteiger partial charge in [-0.1, -0.05) is 31.4 Å². The maximum Gasteiger partial charge on any atom is 0.227 e. The number of benzene rings is 1. The highest BCUT2D eigenvalue weighted by atomic mass is 19.1. The minimum absolute atomic E-state index is 0.303. The molecule has 0 amide bonds. The molecule has 0 radical (unpaired) electrons. The predicted molar refractivity (Wildman–Crippen MR) is 120 cm³/mol. The molecular formula is C24H24FN5. The van der Waals surface area contributed by atoms with E-state index in [1.807, 2.05) is 38.1 Å². The predicted octanol–water partition coefficient (Wildman–Crippen LogP) is 5.66. The summed E-state index contributed by atoms with van der Waals surface area (Å²) in [6, 6.07) is 8.92. The van der Waals surface area contributed by atoms with Crippen LogP contribution >= 0.6 is 0 Å². The van der Waals surface area contributed by atoms with Gasteiger partial charge in [0.2, 0.25) is 5.95 Å². The number of hydrogen-bond acceptors (Lipinski definition) is 5. The Kier molecular flexibility index (Phi) is 6.70. The Morgan fingerprint density at radius 2 is 1.80 bits per heavy atom. The first-order valence-electron chi connectivity index (χ1n) is 9.52. The van der Waals surface area contributed by atoms with Crippen LogP contribution in [0.3, 0.4) is 0 Å². The fourth-order valence-electron chi connectivity index (χ4n) is 2.80. The van der Waals surface area contributed by atoms with Crippen LogP contribution in [0.2, 0.25) is 0 Å². The lowest BCUT2D eigenvalue weighted by atomic mass is 10.0. The highest BCUT2D eigenvalue weighted by Crippen LogP contribution is 2.23. The van der Waals surface area contributed by atoms with Gasteiger partial charge in [-0.2, -0.15) is 0 Å². The number of aromatic nitrogens is 3. The molecule has 2 N–H and O–H groups in total. The minimum Gasteiger partial charge on any atom is -0.358 e. The van der Waals surface area contributed by atoms with Gasteiger partial charge < -0.3 is 10.6 Å². The summed E-state index contributed by atoms with van der Waals surface area (Å²) >= 11 is 0. The van der Waals surface area contributed by atoms with Gasteiger partial charge in [0.1, 0.15) is 5.82 Å². The summed E-state index contributed by atoms with van der Waals surface area (Å²) in [5.41, 5.74) is 5.25. The number of pyridine rings is 1. The average molecular weight is 401 g/mol. The first-order chi connectivity index (χ1) is 14.5. The maximum absolute atomic E-state index is 14.7. The van der Waals surface area contributed by atoms with Crippen LogP contribution < -0.4 is 10.6 Å². The molecule has 2 aromatic heterocycles. The summed E-state index contributed by atoms with van der Waals surface area (Å²) in [7, 11) is 0. The van der Waals surface area contributed by atoms with Crippen molar-refractivity contribution in [2.45, 2.75) is 20.3 Å². The lowest BCUT2D eigenvalue weighted by Crippen LogP contribution is -2.04. The van der Waals surface area contributed by atoms with Crippen molar-refractivity contribution in [1.82, 2.24) is 15.0 Å². The first kappa shape index (κ1) is 20.9. The van der Waals surface area contributed by atoms with Gasteiger partial charge in [-0.15, -0.1) is 0 Å². The number of halogens is 1. The molecule has 3 rings (SSSR count). The number of hydrogen-bond donors (Lipinski definition) is 2. The molecule has 0 fully saturated rings. The third-order valence-corrected chi connectivity index (χ3v) is 4.46.